The van der Waals surface area contributed by atoms with Crippen LogP contribution in [-0.2, 0) is 6.42 Å². The Morgan fingerprint density at radius 1 is 1.16 bits per heavy atom. The lowest BCUT2D eigenvalue weighted by Crippen LogP contribution is -2.43. The summed E-state index contributed by atoms with van der Waals surface area (Å²) in [6.45, 7) is 9.15. The van der Waals surface area contributed by atoms with Gasteiger partial charge in [-0.1, -0.05) is 56.0 Å². The fraction of sp³-hybridized carbons (Fsp3) is 0.667. The first kappa shape index (κ1) is 14.6. The molecule has 2 unspecified atom stereocenters. The van der Waals surface area contributed by atoms with Crippen molar-refractivity contribution in [1.29, 1.82) is 0 Å². The molecule has 0 radical (unpaired) electrons. The molecule has 0 heterocycles. The first-order chi connectivity index (χ1) is 8.88. The Morgan fingerprint density at radius 3 is 2.37 bits per heavy atom. The van der Waals surface area contributed by atoms with E-state index in [0.29, 0.717) is 17.4 Å². The van der Waals surface area contributed by atoms with Gasteiger partial charge in [-0.15, -0.1) is 0 Å². The van der Waals surface area contributed by atoms with Gasteiger partial charge >= 0.3 is 0 Å². The zero-order chi connectivity index (χ0) is 14.0. The van der Waals surface area contributed by atoms with Crippen LogP contribution in [0.3, 0.4) is 0 Å². The maximum Gasteiger partial charge on any atom is 0.0113 e. The molecule has 1 aliphatic carbocycles. The largest absolute Gasteiger partial charge is 0.327 e. The third kappa shape index (κ3) is 3.60. The summed E-state index contributed by atoms with van der Waals surface area (Å²) in [4.78, 5) is 0. The summed E-state index contributed by atoms with van der Waals surface area (Å²) < 4.78 is 0. The number of hydrogen-bond acceptors (Lipinski definition) is 1. The summed E-state index contributed by atoms with van der Waals surface area (Å²) in [5.74, 6) is 0.669. The van der Waals surface area contributed by atoms with Crippen molar-refractivity contribution >= 4 is 0 Å². The molecule has 1 saturated carbocycles. The second-order valence-corrected chi connectivity index (χ2v) is 7.20. The maximum absolute atomic E-state index is 6.56. The van der Waals surface area contributed by atoms with Crippen molar-refractivity contribution in [3.63, 3.8) is 0 Å². The van der Waals surface area contributed by atoms with E-state index < -0.39 is 0 Å². The Hall–Kier alpha value is -0.820. The number of nitrogens with two attached hydrogens (primary N) is 1. The van der Waals surface area contributed by atoms with Gasteiger partial charge in [-0.25, -0.2) is 0 Å². The monoisotopic (exact) mass is 259 g/mol. The van der Waals surface area contributed by atoms with Gasteiger partial charge in [-0.3, -0.25) is 0 Å². The fourth-order valence-corrected chi connectivity index (χ4v) is 3.92. The molecule has 2 atom stereocenters. The smallest absolute Gasteiger partial charge is 0.0113 e. The zero-order valence-corrected chi connectivity index (χ0v) is 13.0. The molecule has 2 N–H and O–H groups in total. The minimum Gasteiger partial charge on any atom is -0.327 e. The molecule has 0 amide bonds. The highest BCUT2D eigenvalue weighted by molar-refractivity contribution is 5.29. The predicted octanol–water partition coefficient (Wildman–Crippen LogP) is 4.39. The van der Waals surface area contributed by atoms with Gasteiger partial charge in [0.25, 0.3) is 0 Å². The Balaban J connectivity index is 2.09. The normalized spacial score (nSPS) is 24.2. The number of hydrogen-bond donors (Lipinski definition) is 1. The van der Waals surface area contributed by atoms with Crippen molar-refractivity contribution in [1.82, 2.24) is 0 Å². The SMILES string of the molecule is Cc1cc(C)cc(CC(N)C2CCCCC2(C)C)c1. The highest BCUT2D eigenvalue weighted by atomic mass is 14.7. The number of aryl methyl sites for hydroxylation is 2. The molecule has 1 nitrogen and oxygen atoms in total. The van der Waals surface area contributed by atoms with E-state index in [1.165, 1.54) is 42.4 Å². The predicted molar refractivity (Wildman–Crippen MR) is 83.3 cm³/mol. The van der Waals surface area contributed by atoms with Crippen LogP contribution in [0.15, 0.2) is 18.2 Å². The van der Waals surface area contributed by atoms with Gasteiger partial charge in [-0.2, -0.15) is 0 Å². The van der Waals surface area contributed by atoms with Crippen LogP contribution in [0.4, 0.5) is 0 Å². The molecule has 19 heavy (non-hydrogen) atoms. The maximum atomic E-state index is 6.56. The van der Waals surface area contributed by atoms with Gasteiger partial charge in [0.15, 0.2) is 0 Å². The van der Waals surface area contributed by atoms with E-state index >= 15 is 0 Å². The molecule has 106 valence electrons. The first-order valence-corrected chi connectivity index (χ1v) is 7.71. The van der Waals surface area contributed by atoms with E-state index in [1.54, 1.807) is 0 Å². The van der Waals surface area contributed by atoms with Crippen molar-refractivity contribution < 1.29 is 0 Å². The molecule has 0 saturated heterocycles. The quantitative estimate of drug-likeness (QED) is 0.856. The highest BCUT2D eigenvalue weighted by Gasteiger charge is 2.35. The molecule has 0 aliphatic heterocycles. The van der Waals surface area contributed by atoms with Crippen LogP contribution in [0.5, 0.6) is 0 Å². The molecule has 0 spiro atoms. The summed E-state index contributed by atoms with van der Waals surface area (Å²) in [5.41, 5.74) is 11.1. The number of benzene rings is 1. The van der Waals surface area contributed by atoms with Gasteiger partial charge in [0, 0.05) is 6.04 Å². The van der Waals surface area contributed by atoms with E-state index in [2.05, 4.69) is 45.9 Å². The first-order valence-electron chi connectivity index (χ1n) is 7.71. The van der Waals surface area contributed by atoms with E-state index in [9.17, 15) is 0 Å². The third-order valence-electron chi connectivity index (χ3n) is 4.86. The highest BCUT2D eigenvalue weighted by Crippen LogP contribution is 2.42. The minimum absolute atomic E-state index is 0.302. The fourth-order valence-electron chi connectivity index (χ4n) is 3.92. The summed E-state index contributed by atoms with van der Waals surface area (Å²) in [5, 5.41) is 0. The molecular weight excluding hydrogens is 230 g/mol. The van der Waals surface area contributed by atoms with Crippen LogP contribution < -0.4 is 5.73 Å². The molecule has 0 bridgehead atoms. The Bertz CT molecular complexity index is 413. The topological polar surface area (TPSA) is 26.0 Å². The second-order valence-electron chi connectivity index (χ2n) is 7.20. The third-order valence-corrected chi connectivity index (χ3v) is 4.86. The van der Waals surface area contributed by atoms with Gasteiger partial charge in [0.1, 0.15) is 0 Å². The van der Waals surface area contributed by atoms with Gasteiger partial charge in [0.2, 0.25) is 0 Å². The van der Waals surface area contributed by atoms with Gasteiger partial charge in [-0.05, 0) is 50.0 Å². The van der Waals surface area contributed by atoms with Crippen molar-refractivity contribution in [3.05, 3.63) is 34.9 Å². The minimum atomic E-state index is 0.302. The molecule has 1 aromatic carbocycles. The number of rotatable bonds is 3. The van der Waals surface area contributed by atoms with E-state index in [-0.39, 0.29) is 0 Å². The van der Waals surface area contributed by atoms with E-state index in [1.807, 2.05) is 0 Å². The summed E-state index contributed by atoms with van der Waals surface area (Å²) >= 11 is 0. The lowest BCUT2D eigenvalue weighted by atomic mass is 9.65. The molecular formula is C18H29N. The zero-order valence-electron chi connectivity index (χ0n) is 13.0. The Labute approximate surface area is 118 Å². The van der Waals surface area contributed by atoms with Crippen LogP contribution >= 0.6 is 0 Å². The van der Waals surface area contributed by atoms with Crippen LogP contribution in [0, 0.1) is 25.2 Å². The molecule has 1 aliphatic rings. The van der Waals surface area contributed by atoms with Crippen molar-refractivity contribution in [3.8, 4) is 0 Å². The average Bonchev–Trinajstić information content (AvgIpc) is 2.26. The molecule has 2 rings (SSSR count). The van der Waals surface area contributed by atoms with Gasteiger partial charge in [0.05, 0.1) is 0 Å². The Morgan fingerprint density at radius 2 is 1.79 bits per heavy atom. The average molecular weight is 259 g/mol. The standard InChI is InChI=1S/C18H29N/c1-13-9-14(2)11-15(10-13)12-17(19)16-7-5-6-8-18(16,3)4/h9-11,16-17H,5-8,12,19H2,1-4H3. The molecule has 1 fully saturated rings. The van der Waals surface area contributed by atoms with Crippen LogP contribution in [0.25, 0.3) is 0 Å². The summed E-state index contributed by atoms with van der Waals surface area (Å²) in [6, 6.07) is 7.13. The van der Waals surface area contributed by atoms with Crippen molar-refractivity contribution in [2.24, 2.45) is 17.1 Å². The van der Waals surface area contributed by atoms with E-state index in [4.69, 9.17) is 5.73 Å². The van der Waals surface area contributed by atoms with Crippen LogP contribution in [-0.4, -0.2) is 6.04 Å². The van der Waals surface area contributed by atoms with E-state index in [0.717, 1.165) is 6.42 Å². The molecule has 0 aromatic heterocycles. The summed E-state index contributed by atoms with van der Waals surface area (Å²) in [7, 11) is 0. The lowest BCUT2D eigenvalue weighted by molar-refractivity contribution is 0.112. The second kappa shape index (κ2) is 5.66. The lowest BCUT2D eigenvalue weighted by Gasteiger charge is -2.42. The molecule has 1 aromatic rings. The molecule has 1 heteroatoms. The van der Waals surface area contributed by atoms with Crippen molar-refractivity contribution in [2.75, 3.05) is 0 Å². The van der Waals surface area contributed by atoms with Crippen molar-refractivity contribution in [2.45, 2.75) is 65.8 Å². The van der Waals surface area contributed by atoms with Crippen LogP contribution in [0.2, 0.25) is 0 Å². The Kier molecular flexibility index (Phi) is 4.35. The summed E-state index contributed by atoms with van der Waals surface area (Å²) in [6.07, 6.45) is 6.39. The van der Waals surface area contributed by atoms with Crippen LogP contribution in [0.1, 0.15) is 56.2 Å². The van der Waals surface area contributed by atoms with Gasteiger partial charge < -0.3 is 5.73 Å².